The number of fused-ring (bicyclic) bond motifs is 1. The number of rotatable bonds is 5. The third kappa shape index (κ3) is 4.51. The number of nitrogens with zero attached hydrogens (tertiary/aromatic N) is 2. The smallest absolute Gasteiger partial charge is 0.266 e. The highest BCUT2D eigenvalue weighted by Crippen LogP contribution is 2.34. The minimum atomic E-state index is -0.215. The number of thiocarbonyl (C=S) groups is 1. The predicted octanol–water partition coefficient (Wildman–Crippen LogP) is 5.18. The van der Waals surface area contributed by atoms with Gasteiger partial charge in [-0.05, 0) is 29.8 Å². The van der Waals surface area contributed by atoms with Crippen LogP contribution >= 0.6 is 46.9 Å². The Morgan fingerprint density at radius 2 is 1.97 bits per heavy atom. The molecule has 1 aliphatic rings. The first kappa shape index (κ1) is 20.0. The zero-order valence-electron chi connectivity index (χ0n) is 14.9. The average molecular weight is 460 g/mol. The molecule has 0 spiro atoms. The molecule has 2 aromatic carbocycles. The second-order valence-electron chi connectivity index (χ2n) is 6.14. The van der Waals surface area contributed by atoms with Crippen molar-refractivity contribution in [1.29, 1.82) is 0 Å². The molecular weight excluding hydrogens is 446 g/mol. The summed E-state index contributed by atoms with van der Waals surface area (Å²) < 4.78 is 1.44. The molecular formula is C20H14ClN3O2S3. The second-order valence-corrected chi connectivity index (χ2v) is 9.25. The van der Waals surface area contributed by atoms with E-state index < -0.39 is 0 Å². The van der Waals surface area contributed by atoms with Crippen LogP contribution in [0.1, 0.15) is 12.0 Å². The van der Waals surface area contributed by atoms with E-state index in [9.17, 15) is 9.59 Å². The third-order valence-corrected chi connectivity index (χ3v) is 6.84. The average Bonchev–Trinajstić information content (AvgIpc) is 3.22. The van der Waals surface area contributed by atoms with Crippen molar-refractivity contribution in [1.82, 2.24) is 9.88 Å². The first-order valence-corrected chi connectivity index (χ1v) is 11.1. The predicted molar refractivity (Wildman–Crippen MR) is 124 cm³/mol. The van der Waals surface area contributed by atoms with Crippen LogP contribution in [0, 0.1) is 0 Å². The lowest BCUT2D eigenvalue weighted by atomic mass is 10.2. The SMILES string of the molecule is O=C(CCN1C(=O)/C(=C\c2ccccc2Cl)SC1=S)Nc1nc2ccccc2s1. The molecule has 9 heteroatoms. The molecule has 0 unspecified atom stereocenters. The van der Waals surface area contributed by atoms with Gasteiger partial charge in [0.15, 0.2) is 5.13 Å². The number of halogens is 1. The van der Waals surface area contributed by atoms with Crippen LogP contribution in [0.15, 0.2) is 53.4 Å². The van der Waals surface area contributed by atoms with E-state index >= 15 is 0 Å². The van der Waals surface area contributed by atoms with Crippen LogP contribution in [0.2, 0.25) is 5.02 Å². The van der Waals surface area contributed by atoms with Crippen LogP contribution in [0.3, 0.4) is 0 Å². The van der Waals surface area contributed by atoms with Gasteiger partial charge in [-0.2, -0.15) is 0 Å². The first-order valence-electron chi connectivity index (χ1n) is 8.66. The molecule has 1 aromatic heterocycles. The molecule has 146 valence electrons. The quantitative estimate of drug-likeness (QED) is 0.420. The van der Waals surface area contributed by atoms with Gasteiger partial charge in [-0.3, -0.25) is 14.5 Å². The minimum Gasteiger partial charge on any atom is -0.302 e. The van der Waals surface area contributed by atoms with Crippen LogP contribution < -0.4 is 5.32 Å². The summed E-state index contributed by atoms with van der Waals surface area (Å²) in [7, 11) is 0. The van der Waals surface area contributed by atoms with Crippen molar-refractivity contribution < 1.29 is 9.59 Å². The topological polar surface area (TPSA) is 62.3 Å². The van der Waals surface area contributed by atoms with Crippen molar-refractivity contribution >= 4 is 84.5 Å². The summed E-state index contributed by atoms with van der Waals surface area (Å²) in [6, 6.07) is 15.0. The molecule has 0 atom stereocenters. The lowest BCUT2D eigenvalue weighted by Crippen LogP contribution is -2.31. The number of hydrogen-bond acceptors (Lipinski definition) is 6. The number of carbonyl (C=O) groups excluding carboxylic acids is 2. The lowest BCUT2D eigenvalue weighted by Gasteiger charge is -2.13. The fourth-order valence-electron chi connectivity index (χ4n) is 2.75. The second kappa shape index (κ2) is 8.62. The van der Waals surface area contributed by atoms with E-state index in [1.165, 1.54) is 28.0 Å². The van der Waals surface area contributed by atoms with E-state index in [4.69, 9.17) is 23.8 Å². The van der Waals surface area contributed by atoms with Gasteiger partial charge in [-0.25, -0.2) is 4.98 Å². The van der Waals surface area contributed by atoms with Gasteiger partial charge >= 0.3 is 0 Å². The number of aromatic nitrogens is 1. The number of anilines is 1. The molecule has 1 aliphatic heterocycles. The number of para-hydroxylation sites is 1. The monoisotopic (exact) mass is 459 g/mol. The first-order chi connectivity index (χ1) is 14.0. The Morgan fingerprint density at radius 1 is 1.21 bits per heavy atom. The van der Waals surface area contributed by atoms with Gasteiger partial charge < -0.3 is 5.32 Å². The largest absolute Gasteiger partial charge is 0.302 e. The third-order valence-electron chi connectivity index (χ3n) is 4.17. The number of amides is 2. The minimum absolute atomic E-state index is 0.127. The molecule has 0 aliphatic carbocycles. The van der Waals surface area contributed by atoms with E-state index in [1.807, 2.05) is 42.5 Å². The molecule has 0 bridgehead atoms. The maximum Gasteiger partial charge on any atom is 0.266 e. The maximum absolute atomic E-state index is 12.7. The van der Waals surface area contributed by atoms with Gasteiger partial charge in [-0.15, -0.1) is 0 Å². The molecule has 4 rings (SSSR count). The highest BCUT2D eigenvalue weighted by atomic mass is 35.5. The zero-order chi connectivity index (χ0) is 20.4. The summed E-state index contributed by atoms with van der Waals surface area (Å²) in [5.74, 6) is -0.430. The Kier molecular flexibility index (Phi) is 5.96. The summed E-state index contributed by atoms with van der Waals surface area (Å²) in [5.41, 5.74) is 1.60. The fraction of sp³-hybridized carbons (Fsp3) is 0.100. The van der Waals surface area contributed by atoms with Crippen LogP contribution in [0.4, 0.5) is 5.13 Å². The normalized spacial score (nSPS) is 15.5. The van der Waals surface area contributed by atoms with Gasteiger partial charge in [0, 0.05) is 18.0 Å². The van der Waals surface area contributed by atoms with Crippen molar-refractivity contribution in [2.45, 2.75) is 6.42 Å². The summed E-state index contributed by atoms with van der Waals surface area (Å²) in [4.78, 5) is 31.3. The van der Waals surface area contributed by atoms with E-state index in [0.29, 0.717) is 19.4 Å². The molecule has 5 nitrogen and oxygen atoms in total. The van der Waals surface area contributed by atoms with Crippen molar-refractivity contribution in [3.8, 4) is 0 Å². The molecule has 1 saturated heterocycles. The molecule has 2 amide bonds. The van der Waals surface area contributed by atoms with E-state index in [1.54, 1.807) is 12.1 Å². The van der Waals surface area contributed by atoms with Gasteiger partial charge in [0.2, 0.25) is 5.91 Å². The zero-order valence-corrected chi connectivity index (χ0v) is 18.1. The lowest BCUT2D eigenvalue weighted by molar-refractivity contribution is -0.122. The summed E-state index contributed by atoms with van der Waals surface area (Å²) in [6.07, 6.45) is 1.85. The van der Waals surface area contributed by atoms with E-state index in [2.05, 4.69) is 10.3 Å². The van der Waals surface area contributed by atoms with Gasteiger partial charge in [0.25, 0.3) is 5.91 Å². The van der Waals surface area contributed by atoms with Crippen molar-refractivity contribution in [2.24, 2.45) is 0 Å². The van der Waals surface area contributed by atoms with Crippen LogP contribution in [-0.2, 0) is 9.59 Å². The Balaban J connectivity index is 1.39. The molecule has 1 N–H and O–H groups in total. The van der Waals surface area contributed by atoms with Crippen LogP contribution in [0.25, 0.3) is 16.3 Å². The molecule has 0 radical (unpaired) electrons. The number of benzene rings is 2. The molecule has 2 heterocycles. The molecule has 1 fully saturated rings. The molecule has 29 heavy (non-hydrogen) atoms. The number of thioether (sulfide) groups is 1. The highest BCUT2D eigenvalue weighted by Gasteiger charge is 2.32. The molecule has 0 saturated carbocycles. The number of carbonyl (C=O) groups is 2. The Morgan fingerprint density at radius 3 is 2.76 bits per heavy atom. The standard InChI is InChI=1S/C20H14ClN3O2S3/c21-13-6-2-1-5-12(13)11-16-18(26)24(20(27)29-16)10-9-17(25)23-19-22-14-7-3-4-8-15(14)28-19/h1-8,11H,9-10H2,(H,22,23,25)/b16-11+. The van der Waals surface area contributed by atoms with E-state index in [-0.39, 0.29) is 24.8 Å². The molecule has 3 aromatic rings. The number of thiazole rings is 1. The number of hydrogen-bond donors (Lipinski definition) is 1. The van der Waals surface area contributed by atoms with Gasteiger partial charge in [0.05, 0.1) is 15.1 Å². The van der Waals surface area contributed by atoms with Gasteiger partial charge in [-0.1, -0.05) is 77.2 Å². The Bertz CT molecular complexity index is 1130. The van der Waals surface area contributed by atoms with Gasteiger partial charge in [0.1, 0.15) is 4.32 Å². The van der Waals surface area contributed by atoms with Crippen LogP contribution in [-0.4, -0.2) is 32.6 Å². The number of nitrogens with one attached hydrogen (secondary N) is 1. The summed E-state index contributed by atoms with van der Waals surface area (Å²) >= 11 is 14.1. The summed E-state index contributed by atoms with van der Waals surface area (Å²) in [5, 5.41) is 3.90. The van der Waals surface area contributed by atoms with E-state index in [0.717, 1.165) is 15.8 Å². The van der Waals surface area contributed by atoms with Crippen molar-refractivity contribution in [3.05, 3.63) is 64.0 Å². The Labute approximate surface area is 185 Å². The maximum atomic E-state index is 12.7. The van der Waals surface area contributed by atoms with Crippen molar-refractivity contribution in [3.63, 3.8) is 0 Å². The Hall–Kier alpha value is -2.26. The fourth-order valence-corrected chi connectivity index (χ4v) is 5.12. The van der Waals surface area contributed by atoms with Crippen molar-refractivity contribution in [2.75, 3.05) is 11.9 Å². The highest BCUT2D eigenvalue weighted by molar-refractivity contribution is 8.26. The van der Waals surface area contributed by atoms with Crippen LogP contribution in [0.5, 0.6) is 0 Å². The summed E-state index contributed by atoms with van der Waals surface area (Å²) in [6.45, 7) is 0.210.